The van der Waals surface area contributed by atoms with Crippen LogP contribution in [0.25, 0.3) is 10.9 Å². The summed E-state index contributed by atoms with van der Waals surface area (Å²) in [4.78, 5) is 11.8. The van der Waals surface area contributed by atoms with Gasteiger partial charge in [0, 0.05) is 18.3 Å². The highest BCUT2D eigenvalue weighted by atomic mass is 32.2. The molecule has 0 saturated carbocycles. The fraction of sp³-hybridized carbons (Fsp3) is 0.167. The Labute approximate surface area is 127 Å². The van der Waals surface area contributed by atoms with Crippen molar-refractivity contribution < 1.29 is 30.5 Å². The predicted molar refractivity (Wildman–Crippen MR) is 71.4 cm³/mol. The Morgan fingerprint density at radius 3 is 2.43 bits per heavy atom. The Hall–Kier alpha value is -2.74. The zero-order valence-electron chi connectivity index (χ0n) is 11.3. The molecule has 23 heavy (non-hydrogen) atoms. The first-order valence-electron chi connectivity index (χ1n) is 5.75. The van der Waals surface area contributed by atoms with Gasteiger partial charge >= 0.3 is 15.6 Å². The lowest BCUT2D eigenvalue weighted by Crippen LogP contribution is -2.28. The van der Waals surface area contributed by atoms with Crippen molar-refractivity contribution in [3.05, 3.63) is 34.6 Å². The van der Waals surface area contributed by atoms with Crippen molar-refractivity contribution in [3.8, 4) is 17.7 Å². The van der Waals surface area contributed by atoms with Crippen LogP contribution in [0.2, 0.25) is 0 Å². The quantitative estimate of drug-likeness (QED) is 0.617. The van der Waals surface area contributed by atoms with Crippen LogP contribution in [0.15, 0.2) is 29.2 Å². The van der Waals surface area contributed by atoms with Crippen LogP contribution in [-0.4, -0.2) is 25.6 Å². The molecule has 0 unspecified atom stereocenters. The number of ether oxygens (including phenoxy) is 1. The summed E-state index contributed by atoms with van der Waals surface area (Å²) in [6, 6.07) is 2.87. The Balaban J connectivity index is 2.75. The maximum atomic E-state index is 12.4. The molecular weight excluding hydrogens is 341 g/mol. The van der Waals surface area contributed by atoms with E-state index < -0.39 is 32.6 Å². The Morgan fingerprint density at radius 1 is 1.26 bits per heavy atom. The minimum atomic E-state index is -5.93. The second-order valence-corrected chi connectivity index (χ2v) is 5.69. The Bertz CT molecular complexity index is 973. The summed E-state index contributed by atoms with van der Waals surface area (Å²) in [6.45, 7) is 0. The van der Waals surface area contributed by atoms with Crippen molar-refractivity contribution in [2.24, 2.45) is 0 Å². The molecule has 0 amide bonds. The first-order valence-corrected chi connectivity index (χ1v) is 7.16. The van der Waals surface area contributed by atoms with Crippen LogP contribution in [0, 0.1) is 11.5 Å². The van der Waals surface area contributed by atoms with E-state index in [1.165, 1.54) is 0 Å². The first kappa shape index (κ1) is 16.6. The summed E-state index contributed by atoms with van der Waals surface area (Å²) < 4.78 is 69.1. The van der Waals surface area contributed by atoms with Gasteiger partial charge in [0.1, 0.15) is 0 Å². The number of rotatable bonds is 3. The average molecular weight is 348 g/mol. The van der Waals surface area contributed by atoms with Gasteiger partial charge in [0.2, 0.25) is 0 Å². The second-order valence-electron chi connectivity index (χ2n) is 4.15. The van der Waals surface area contributed by atoms with Gasteiger partial charge in [0.15, 0.2) is 23.1 Å². The van der Waals surface area contributed by atoms with Crippen molar-refractivity contribution in [3.63, 3.8) is 0 Å². The van der Waals surface area contributed by atoms with Gasteiger partial charge in [-0.15, -0.1) is 0 Å². The minimum absolute atomic E-state index is 0.0531. The van der Waals surface area contributed by atoms with Gasteiger partial charge in [0.25, 0.3) is 0 Å². The second kappa shape index (κ2) is 5.47. The number of halogens is 3. The average Bonchev–Trinajstić information content (AvgIpc) is 2.45. The van der Waals surface area contributed by atoms with Crippen LogP contribution < -0.4 is 14.3 Å². The van der Waals surface area contributed by atoms with Crippen molar-refractivity contribution in [1.29, 1.82) is 5.26 Å². The summed E-state index contributed by atoms with van der Waals surface area (Å²) in [7, 11) is -4.88. The smallest absolute Gasteiger partial charge is 0.493 e. The number of aromatic nitrogens is 1. The highest BCUT2D eigenvalue weighted by Gasteiger charge is 2.49. The van der Waals surface area contributed by atoms with Gasteiger partial charge in [-0.1, -0.05) is 0 Å². The zero-order chi connectivity index (χ0) is 17.4. The molecule has 1 aromatic carbocycles. The number of nitriles is 1. The molecule has 0 N–H and O–H groups in total. The van der Waals surface area contributed by atoms with Crippen LogP contribution in [0.5, 0.6) is 11.5 Å². The van der Waals surface area contributed by atoms with Crippen molar-refractivity contribution in [1.82, 2.24) is 4.57 Å². The summed E-state index contributed by atoms with van der Waals surface area (Å²) in [5, 5.41) is 8.89. The minimum Gasteiger partial charge on any atom is -0.493 e. The van der Waals surface area contributed by atoms with E-state index in [9.17, 15) is 26.4 Å². The van der Waals surface area contributed by atoms with E-state index in [-0.39, 0.29) is 10.9 Å². The van der Waals surface area contributed by atoms with E-state index in [0.29, 0.717) is 0 Å². The predicted octanol–water partition coefficient (Wildman–Crippen LogP) is 1.57. The van der Waals surface area contributed by atoms with E-state index in [1.54, 1.807) is 6.19 Å². The standard InChI is InChI=1S/C12H7F3N2O5S/c1-21-10-4-7-8(17(6-16)3-2-9(7)18)5-11(10)22-23(19,20)12(13,14)15/h2-5H,1H3. The maximum absolute atomic E-state index is 12.4. The van der Waals surface area contributed by atoms with Gasteiger partial charge in [-0.05, 0) is 6.07 Å². The molecule has 0 saturated heterocycles. The third-order valence-electron chi connectivity index (χ3n) is 2.77. The first-order chi connectivity index (χ1) is 10.6. The number of methoxy groups -OCH3 is 1. The molecule has 7 nitrogen and oxygen atoms in total. The topological polar surface area (TPSA) is 98.4 Å². The van der Waals surface area contributed by atoms with E-state index in [1.807, 2.05) is 0 Å². The van der Waals surface area contributed by atoms with Gasteiger partial charge < -0.3 is 8.92 Å². The fourth-order valence-electron chi connectivity index (χ4n) is 1.74. The summed E-state index contributed by atoms with van der Waals surface area (Å²) in [5.41, 5.74) is -6.30. The van der Waals surface area contributed by atoms with E-state index in [2.05, 4.69) is 4.18 Å². The third kappa shape index (κ3) is 2.93. The molecule has 0 radical (unpaired) electrons. The Morgan fingerprint density at radius 2 is 1.91 bits per heavy atom. The number of benzene rings is 1. The Kier molecular flexibility index (Phi) is 3.96. The van der Waals surface area contributed by atoms with Crippen LogP contribution in [0.1, 0.15) is 0 Å². The molecular formula is C12H7F3N2O5S. The molecule has 0 aliphatic heterocycles. The highest BCUT2D eigenvalue weighted by Crippen LogP contribution is 2.35. The largest absolute Gasteiger partial charge is 0.534 e. The molecule has 2 aromatic rings. The molecule has 0 bridgehead atoms. The zero-order valence-corrected chi connectivity index (χ0v) is 12.1. The lowest BCUT2D eigenvalue weighted by Gasteiger charge is -2.13. The van der Waals surface area contributed by atoms with E-state index in [0.717, 1.165) is 36.1 Å². The summed E-state index contributed by atoms with van der Waals surface area (Å²) in [6.07, 6.45) is 2.75. The number of alkyl halides is 3. The van der Waals surface area contributed by atoms with Gasteiger partial charge in [0.05, 0.1) is 18.0 Å². The van der Waals surface area contributed by atoms with Crippen LogP contribution in [-0.2, 0) is 10.1 Å². The number of nitrogens with zero attached hydrogens (tertiary/aromatic N) is 2. The number of hydrogen-bond donors (Lipinski definition) is 0. The third-order valence-corrected chi connectivity index (χ3v) is 3.74. The van der Waals surface area contributed by atoms with Crippen molar-refractivity contribution >= 4 is 21.0 Å². The molecule has 0 spiro atoms. The normalized spacial score (nSPS) is 12.0. The van der Waals surface area contributed by atoms with E-state index >= 15 is 0 Å². The maximum Gasteiger partial charge on any atom is 0.534 e. The number of pyridine rings is 1. The van der Waals surface area contributed by atoms with E-state index in [4.69, 9.17) is 10.00 Å². The molecule has 1 aromatic heterocycles. The fourth-order valence-corrected chi connectivity index (χ4v) is 2.20. The molecule has 0 fully saturated rings. The van der Waals surface area contributed by atoms with Crippen molar-refractivity contribution in [2.75, 3.05) is 7.11 Å². The monoisotopic (exact) mass is 348 g/mol. The molecule has 1 heterocycles. The molecule has 0 aliphatic rings. The van der Waals surface area contributed by atoms with Gasteiger partial charge in [-0.3, -0.25) is 9.36 Å². The lowest BCUT2D eigenvalue weighted by molar-refractivity contribution is -0.0500. The molecule has 0 aliphatic carbocycles. The highest BCUT2D eigenvalue weighted by molar-refractivity contribution is 7.88. The lowest BCUT2D eigenvalue weighted by atomic mass is 10.2. The van der Waals surface area contributed by atoms with Gasteiger partial charge in [-0.25, -0.2) is 0 Å². The summed E-state index contributed by atoms with van der Waals surface area (Å²) >= 11 is 0. The molecule has 2 rings (SSSR count). The molecule has 11 heteroatoms. The van der Waals surface area contributed by atoms with Crippen molar-refractivity contribution in [2.45, 2.75) is 5.51 Å². The van der Waals surface area contributed by atoms with Crippen LogP contribution in [0.4, 0.5) is 13.2 Å². The molecule has 122 valence electrons. The SMILES string of the molecule is COc1cc2c(=O)ccn(C#N)c2cc1OS(=O)(=O)C(F)(F)F. The van der Waals surface area contributed by atoms with Crippen LogP contribution in [0.3, 0.4) is 0 Å². The number of fused-ring (bicyclic) bond motifs is 1. The molecule has 0 atom stereocenters. The number of hydrogen-bond acceptors (Lipinski definition) is 6. The van der Waals surface area contributed by atoms with Crippen LogP contribution >= 0.6 is 0 Å². The summed E-state index contributed by atoms with van der Waals surface area (Å²) in [5.74, 6) is -1.20. The van der Waals surface area contributed by atoms with Gasteiger partial charge in [-0.2, -0.15) is 26.9 Å².